The zero-order chi connectivity index (χ0) is 47.7. The van der Waals surface area contributed by atoms with Crippen molar-refractivity contribution in [2.75, 3.05) is 47.5 Å². The van der Waals surface area contributed by atoms with Gasteiger partial charge < -0.3 is 33.3 Å². The predicted octanol–water partition coefficient (Wildman–Crippen LogP) is 14.7. The fraction of sp³-hybridized carbons (Fsp3) is 0.946. The second-order valence-corrected chi connectivity index (χ2v) is 20.6. The quantitative estimate of drug-likeness (QED) is 0.0257. The van der Waals surface area contributed by atoms with Crippen LogP contribution in [0.2, 0.25) is 0 Å². The number of aliphatic carboxylic acids is 1. The molecule has 9 nitrogen and oxygen atoms in total. The number of likely N-dealkylation sites (N-methyl/N-ethyl adjacent to an activating group) is 1. The molecule has 0 fully saturated rings. The van der Waals surface area contributed by atoms with E-state index in [-0.39, 0.29) is 32.2 Å². The standard InChI is InChI=1S/C56H109NO8/c1-6-8-10-12-14-16-18-20-22-24-26-27-29-31-33-35-37-39-41-43-45-47-54(59)65-52(51-64-56(55(60)61)62-49-48-57(3,4)5)50-63-53(58)46-44-42-40-38-36-34-32-30-28-25-23-21-19-17-15-13-11-9-7-2/h52,56H,6-51H2,1-5H3. The molecule has 0 aliphatic heterocycles. The number of carbonyl (C=O) groups is 3. The van der Waals surface area contributed by atoms with Gasteiger partial charge in [-0.25, -0.2) is 0 Å². The molecule has 0 amide bonds. The van der Waals surface area contributed by atoms with Crippen molar-refractivity contribution in [1.82, 2.24) is 0 Å². The topological polar surface area (TPSA) is 111 Å². The second kappa shape index (κ2) is 48.7. The SMILES string of the molecule is CCCCCCCCCCCCCCCCCCCCCCCC(=O)OC(COC(=O)CCCCCCCCCCCCCCCCCCCCC)COC(OCC[N+](C)(C)C)C(=O)[O-]. The van der Waals surface area contributed by atoms with Crippen LogP contribution in [0.3, 0.4) is 0 Å². The summed E-state index contributed by atoms with van der Waals surface area (Å²) in [7, 11) is 5.93. The lowest BCUT2D eigenvalue weighted by Crippen LogP contribution is -2.44. The molecule has 0 spiro atoms. The lowest BCUT2D eigenvalue weighted by Gasteiger charge is -2.26. The number of rotatable bonds is 53. The Labute approximate surface area is 403 Å². The Kier molecular flexibility index (Phi) is 47.5. The maximum absolute atomic E-state index is 12.8. The first-order chi connectivity index (χ1) is 31.6. The van der Waals surface area contributed by atoms with Crippen molar-refractivity contribution in [3.05, 3.63) is 0 Å². The second-order valence-electron chi connectivity index (χ2n) is 20.6. The van der Waals surface area contributed by atoms with Gasteiger partial charge in [0.1, 0.15) is 13.2 Å². The molecule has 0 radical (unpaired) electrons. The van der Waals surface area contributed by atoms with Gasteiger partial charge in [-0.15, -0.1) is 0 Å². The number of carboxylic acids is 1. The van der Waals surface area contributed by atoms with E-state index < -0.39 is 24.3 Å². The third kappa shape index (κ3) is 50.0. The van der Waals surface area contributed by atoms with Crippen LogP contribution in [0.25, 0.3) is 0 Å². The number of carbonyl (C=O) groups excluding carboxylic acids is 3. The normalized spacial score (nSPS) is 12.7. The summed E-state index contributed by atoms with van der Waals surface area (Å²) < 4.78 is 22.7. The predicted molar refractivity (Wildman–Crippen MR) is 270 cm³/mol. The van der Waals surface area contributed by atoms with Crippen LogP contribution in [-0.2, 0) is 33.3 Å². The maximum Gasteiger partial charge on any atom is 0.306 e. The molecule has 386 valence electrons. The molecule has 0 aliphatic rings. The highest BCUT2D eigenvalue weighted by Crippen LogP contribution is 2.18. The lowest BCUT2D eigenvalue weighted by atomic mass is 10.0. The molecule has 0 heterocycles. The zero-order valence-electron chi connectivity index (χ0n) is 43.9. The number of hydrogen-bond donors (Lipinski definition) is 0. The average Bonchev–Trinajstić information content (AvgIpc) is 3.27. The van der Waals surface area contributed by atoms with Gasteiger partial charge in [0, 0.05) is 12.8 Å². The van der Waals surface area contributed by atoms with Crippen LogP contribution >= 0.6 is 0 Å². The lowest BCUT2D eigenvalue weighted by molar-refractivity contribution is -0.870. The fourth-order valence-electron chi connectivity index (χ4n) is 8.48. The first-order valence-electron chi connectivity index (χ1n) is 28.2. The van der Waals surface area contributed by atoms with E-state index >= 15 is 0 Å². The van der Waals surface area contributed by atoms with Crippen LogP contribution < -0.4 is 5.11 Å². The van der Waals surface area contributed by atoms with E-state index in [2.05, 4.69) is 13.8 Å². The van der Waals surface area contributed by atoms with Crippen LogP contribution in [0.5, 0.6) is 0 Å². The number of quaternary nitrogens is 1. The van der Waals surface area contributed by atoms with Gasteiger partial charge in [-0.05, 0) is 12.8 Å². The van der Waals surface area contributed by atoms with Gasteiger partial charge in [-0.1, -0.05) is 258 Å². The molecule has 0 bridgehead atoms. The van der Waals surface area contributed by atoms with E-state index in [0.717, 1.165) is 38.5 Å². The largest absolute Gasteiger partial charge is 0.545 e. The Morgan fingerprint density at radius 3 is 0.985 bits per heavy atom. The fourth-order valence-corrected chi connectivity index (χ4v) is 8.48. The van der Waals surface area contributed by atoms with Crippen molar-refractivity contribution in [1.29, 1.82) is 0 Å². The zero-order valence-corrected chi connectivity index (χ0v) is 43.9. The minimum atomic E-state index is -1.61. The summed E-state index contributed by atoms with van der Waals surface area (Å²) in [5, 5.41) is 11.8. The van der Waals surface area contributed by atoms with Crippen LogP contribution in [0.4, 0.5) is 0 Å². The third-order valence-electron chi connectivity index (χ3n) is 12.9. The number of carboxylic acid groups (broad SMARTS) is 1. The van der Waals surface area contributed by atoms with E-state index in [9.17, 15) is 19.5 Å². The highest BCUT2D eigenvalue weighted by molar-refractivity contribution is 5.70. The summed E-state index contributed by atoms with van der Waals surface area (Å²) in [5.74, 6) is -2.25. The van der Waals surface area contributed by atoms with Crippen molar-refractivity contribution in [3.8, 4) is 0 Å². The Bertz CT molecular complexity index is 1030. The molecule has 0 saturated heterocycles. The Hall–Kier alpha value is -1.71. The molecule has 0 aromatic carbocycles. The number of hydrogen-bond acceptors (Lipinski definition) is 8. The van der Waals surface area contributed by atoms with E-state index in [1.54, 1.807) is 0 Å². The van der Waals surface area contributed by atoms with Gasteiger partial charge >= 0.3 is 11.9 Å². The van der Waals surface area contributed by atoms with Crippen molar-refractivity contribution in [2.45, 2.75) is 296 Å². The molecule has 0 aliphatic carbocycles. The van der Waals surface area contributed by atoms with E-state index in [0.29, 0.717) is 17.4 Å². The number of esters is 2. The summed E-state index contributed by atoms with van der Waals surface area (Å²) in [6.45, 7) is 4.82. The summed E-state index contributed by atoms with van der Waals surface area (Å²) >= 11 is 0. The molecule has 0 saturated carbocycles. The number of ether oxygens (including phenoxy) is 4. The molecular formula is C56H109NO8. The van der Waals surface area contributed by atoms with Crippen LogP contribution in [-0.4, -0.2) is 82.3 Å². The highest BCUT2D eigenvalue weighted by atomic mass is 16.7. The van der Waals surface area contributed by atoms with Crippen molar-refractivity contribution >= 4 is 17.9 Å². The van der Waals surface area contributed by atoms with Crippen molar-refractivity contribution in [3.63, 3.8) is 0 Å². The Morgan fingerprint density at radius 2 is 0.692 bits per heavy atom. The highest BCUT2D eigenvalue weighted by Gasteiger charge is 2.22. The molecule has 0 aromatic heterocycles. The molecule has 0 rings (SSSR count). The summed E-state index contributed by atoms with van der Waals surface area (Å²) in [6.07, 6.45) is 50.0. The minimum Gasteiger partial charge on any atom is -0.545 e. The van der Waals surface area contributed by atoms with Crippen molar-refractivity contribution < 1.29 is 42.9 Å². The van der Waals surface area contributed by atoms with Gasteiger partial charge in [0.05, 0.1) is 40.3 Å². The molecule has 0 N–H and O–H groups in total. The molecule has 2 unspecified atom stereocenters. The van der Waals surface area contributed by atoms with E-state index in [1.165, 1.54) is 218 Å². The molecule has 0 aromatic rings. The number of unbranched alkanes of at least 4 members (excludes halogenated alkanes) is 38. The average molecular weight is 924 g/mol. The molecule has 65 heavy (non-hydrogen) atoms. The smallest absolute Gasteiger partial charge is 0.306 e. The Balaban J connectivity index is 4.22. The van der Waals surface area contributed by atoms with Gasteiger partial charge in [0.15, 0.2) is 12.4 Å². The molecule has 9 heteroatoms. The van der Waals surface area contributed by atoms with Crippen LogP contribution in [0.1, 0.15) is 284 Å². The van der Waals surface area contributed by atoms with Crippen molar-refractivity contribution in [2.24, 2.45) is 0 Å². The minimum absolute atomic E-state index is 0.153. The maximum atomic E-state index is 12.8. The third-order valence-corrected chi connectivity index (χ3v) is 12.9. The van der Waals surface area contributed by atoms with E-state index in [4.69, 9.17) is 18.9 Å². The summed E-state index contributed by atoms with van der Waals surface area (Å²) in [4.78, 5) is 37.2. The first-order valence-corrected chi connectivity index (χ1v) is 28.2. The monoisotopic (exact) mass is 924 g/mol. The van der Waals surface area contributed by atoms with E-state index in [1.807, 2.05) is 21.1 Å². The summed E-state index contributed by atoms with van der Waals surface area (Å²) in [6, 6.07) is 0. The van der Waals surface area contributed by atoms with Crippen LogP contribution in [0, 0.1) is 0 Å². The van der Waals surface area contributed by atoms with Gasteiger partial charge in [-0.2, -0.15) is 0 Å². The molecule has 2 atom stereocenters. The Morgan fingerprint density at radius 1 is 0.400 bits per heavy atom. The van der Waals surface area contributed by atoms with Gasteiger partial charge in [0.25, 0.3) is 0 Å². The van der Waals surface area contributed by atoms with Crippen LogP contribution in [0.15, 0.2) is 0 Å². The van der Waals surface area contributed by atoms with Gasteiger partial charge in [-0.3, -0.25) is 9.59 Å². The molecular weight excluding hydrogens is 815 g/mol. The number of nitrogens with zero attached hydrogens (tertiary/aromatic N) is 1. The first kappa shape index (κ1) is 63.3. The van der Waals surface area contributed by atoms with Gasteiger partial charge in [0.2, 0.25) is 0 Å². The summed E-state index contributed by atoms with van der Waals surface area (Å²) in [5.41, 5.74) is 0.